The monoisotopic (exact) mass is 108 g/mol. The largest absolute Gasteiger partial charge is 0.259 e. The number of nitrogens with zero attached hydrogens (tertiary/aromatic N) is 3. The molecule has 0 spiro atoms. The molecule has 0 aliphatic heterocycles. The summed E-state index contributed by atoms with van der Waals surface area (Å²) in [6.45, 7) is 0. The van der Waals surface area contributed by atoms with Crippen molar-refractivity contribution in [3.8, 4) is 0 Å². The van der Waals surface area contributed by atoms with Crippen LogP contribution in [0.15, 0.2) is 23.7 Å². The average molecular weight is 108 g/mol. The van der Waals surface area contributed by atoms with Gasteiger partial charge in [-0.15, -0.1) is 5.11 Å². The van der Waals surface area contributed by atoms with Gasteiger partial charge in [-0.25, -0.2) is 10.5 Å². The third-order valence-electron chi connectivity index (χ3n) is 0.664. The van der Waals surface area contributed by atoms with Gasteiger partial charge in [-0.05, 0) is 0 Å². The van der Waals surface area contributed by atoms with Gasteiger partial charge in [0.1, 0.15) is 0 Å². The molecule has 0 saturated heterocycles. The van der Waals surface area contributed by atoms with Crippen LogP contribution in [0.1, 0.15) is 0 Å². The highest BCUT2D eigenvalue weighted by Gasteiger charge is 1.81. The summed E-state index contributed by atoms with van der Waals surface area (Å²) >= 11 is 0. The zero-order valence-corrected chi connectivity index (χ0v) is 4.07. The molecule has 0 atom stereocenters. The number of aromatic nitrogens is 2. The minimum atomic E-state index is 0.340. The fourth-order valence-corrected chi connectivity index (χ4v) is 0.349. The first-order valence-electron chi connectivity index (χ1n) is 2.07. The predicted molar refractivity (Wildman–Crippen MR) is 26.8 cm³/mol. The van der Waals surface area contributed by atoms with Crippen LogP contribution in [0.5, 0.6) is 0 Å². The van der Waals surface area contributed by atoms with E-state index in [0.29, 0.717) is 5.82 Å². The zero-order chi connectivity index (χ0) is 5.82. The molecule has 40 valence electrons. The summed E-state index contributed by atoms with van der Waals surface area (Å²) in [7, 11) is 0. The standard InChI is InChI=1S/C4H4N4/c5-8-4-3-6-1-2-7-4/h1-3,5H. The normalized spacial score (nSPS) is 8.50. The molecular formula is C4H4N4. The molecular weight excluding hydrogens is 104 g/mol. The van der Waals surface area contributed by atoms with Gasteiger partial charge in [-0.3, -0.25) is 4.98 Å². The molecule has 0 amide bonds. The fraction of sp³-hybridized carbons (Fsp3) is 0. The van der Waals surface area contributed by atoms with Gasteiger partial charge in [-0.1, -0.05) is 0 Å². The van der Waals surface area contributed by atoms with Crippen molar-refractivity contribution in [2.75, 3.05) is 0 Å². The lowest BCUT2D eigenvalue weighted by atomic mass is 10.7. The van der Waals surface area contributed by atoms with E-state index in [4.69, 9.17) is 5.53 Å². The van der Waals surface area contributed by atoms with Crippen molar-refractivity contribution in [3.63, 3.8) is 0 Å². The zero-order valence-electron chi connectivity index (χ0n) is 4.07. The second kappa shape index (κ2) is 2.11. The summed E-state index contributed by atoms with van der Waals surface area (Å²) in [5, 5.41) is 3.05. The van der Waals surface area contributed by atoms with Crippen LogP contribution in [-0.4, -0.2) is 9.97 Å². The summed E-state index contributed by atoms with van der Waals surface area (Å²) in [5.74, 6) is 0.340. The molecule has 1 aromatic heterocycles. The van der Waals surface area contributed by atoms with Crippen LogP contribution in [0.4, 0.5) is 5.82 Å². The van der Waals surface area contributed by atoms with E-state index >= 15 is 0 Å². The van der Waals surface area contributed by atoms with Crippen molar-refractivity contribution >= 4 is 5.82 Å². The van der Waals surface area contributed by atoms with Crippen LogP contribution in [0.25, 0.3) is 0 Å². The molecule has 1 N–H and O–H groups in total. The molecule has 4 nitrogen and oxygen atoms in total. The highest BCUT2D eigenvalue weighted by atomic mass is 15.0. The van der Waals surface area contributed by atoms with Crippen molar-refractivity contribution in [1.82, 2.24) is 9.97 Å². The van der Waals surface area contributed by atoms with Crippen molar-refractivity contribution in [3.05, 3.63) is 18.6 Å². The Morgan fingerprint density at radius 2 is 2.38 bits per heavy atom. The molecule has 1 rings (SSSR count). The molecule has 0 saturated carbocycles. The van der Waals surface area contributed by atoms with Crippen LogP contribution < -0.4 is 0 Å². The van der Waals surface area contributed by atoms with Gasteiger partial charge in [0.25, 0.3) is 0 Å². The average Bonchev–Trinajstić information content (AvgIpc) is 1.90. The second-order valence-corrected chi connectivity index (χ2v) is 1.18. The molecule has 0 bridgehead atoms. The van der Waals surface area contributed by atoms with E-state index in [1.165, 1.54) is 18.6 Å². The molecule has 0 aliphatic rings. The first-order chi connectivity index (χ1) is 3.93. The Morgan fingerprint density at radius 3 is 2.75 bits per heavy atom. The van der Waals surface area contributed by atoms with E-state index in [0.717, 1.165) is 0 Å². The van der Waals surface area contributed by atoms with E-state index in [-0.39, 0.29) is 0 Å². The summed E-state index contributed by atoms with van der Waals surface area (Å²) in [4.78, 5) is 7.36. The molecule has 4 heteroatoms. The number of hydrogen-bond acceptors (Lipinski definition) is 4. The smallest absolute Gasteiger partial charge is 0.192 e. The van der Waals surface area contributed by atoms with Crippen molar-refractivity contribution < 1.29 is 0 Å². The highest BCUT2D eigenvalue weighted by Crippen LogP contribution is 1.99. The molecule has 0 aliphatic carbocycles. The third kappa shape index (κ3) is 0.841. The van der Waals surface area contributed by atoms with Gasteiger partial charge in [0.05, 0.1) is 6.20 Å². The third-order valence-corrected chi connectivity index (χ3v) is 0.664. The van der Waals surface area contributed by atoms with Crippen molar-refractivity contribution in [1.29, 1.82) is 5.53 Å². The number of nitrogens with one attached hydrogen (secondary N) is 1. The Kier molecular flexibility index (Phi) is 1.27. The lowest BCUT2D eigenvalue weighted by Crippen LogP contribution is -1.71. The van der Waals surface area contributed by atoms with Crippen LogP contribution >= 0.6 is 0 Å². The first-order valence-corrected chi connectivity index (χ1v) is 2.07. The van der Waals surface area contributed by atoms with Gasteiger partial charge in [0.15, 0.2) is 5.82 Å². The lowest BCUT2D eigenvalue weighted by molar-refractivity contribution is 1.06. The summed E-state index contributed by atoms with van der Waals surface area (Å²) in [5.41, 5.74) is 6.47. The second-order valence-electron chi connectivity index (χ2n) is 1.18. The lowest BCUT2D eigenvalue weighted by Gasteiger charge is -1.81. The first kappa shape index (κ1) is 4.83. The predicted octanol–water partition coefficient (Wildman–Crippen LogP) is 1.14. The van der Waals surface area contributed by atoms with E-state index in [1.807, 2.05) is 0 Å². The van der Waals surface area contributed by atoms with Gasteiger partial charge >= 0.3 is 0 Å². The van der Waals surface area contributed by atoms with Gasteiger partial charge in [0, 0.05) is 12.4 Å². The maximum atomic E-state index is 6.47. The van der Waals surface area contributed by atoms with E-state index in [9.17, 15) is 0 Å². The molecule has 0 radical (unpaired) electrons. The Morgan fingerprint density at radius 1 is 1.50 bits per heavy atom. The van der Waals surface area contributed by atoms with E-state index in [1.54, 1.807) is 0 Å². The molecule has 0 aromatic carbocycles. The Labute approximate surface area is 46.1 Å². The molecule has 1 heterocycles. The van der Waals surface area contributed by atoms with Crippen LogP contribution in [0.3, 0.4) is 0 Å². The molecule has 1 aromatic rings. The Bertz CT molecular complexity index is 171. The highest BCUT2D eigenvalue weighted by molar-refractivity contribution is 5.17. The molecule has 0 unspecified atom stereocenters. The summed E-state index contributed by atoms with van der Waals surface area (Å²) in [6.07, 6.45) is 4.45. The topological polar surface area (TPSA) is 62.0 Å². The Balaban J connectivity index is 2.99. The summed E-state index contributed by atoms with van der Waals surface area (Å²) < 4.78 is 0. The molecule has 8 heavy (non-hydrogen) atoms. The number of hydrogen-bond donors (Lipinski definition) is 1. The fourth-order valence-electron chi connectivity index (χ4n) is 0.349. The summed E-state index contributed by atoms with van der Waals surface area (Å²) in [6, 6.07) is 0. The SMILES string of the molecule is N=Nc1cnccn1. The van der Waals surface area contributed by atoms with Gasteiger partial charge < -0.3 is 0 Å². The van der Waals surface area contributed by atoms with Crippen molar-refractivity contribution in [2.45, 2.75) is 0 Å². The van der Waals surface area contributed by atoms with E-state index in [2.05, 4.69) is 15.1 Å². The van der Waals surface area contributed by atoms with Gasteiger partial charge in [-0.2, -0.15) is 0 Å². The van der Waals surface area contributed by atoms with Crippen LogP contribution in [0.2, 0.25) is 0 Å². The number of rotatable bonds is 1. The minimum absolute atomic E-state index is 0.340. The van der Waals surface area contributed by atoms with E-state index < -0.39 is 0 Å². The quantitative estimate of drug-likeness (QED) is 0.548. The minimum Gasteiger partial charge on any atom is -0.259 e. The van der Waals surface area contributed by atoms with Crippen LogP contribution in [-0.2, 0) is 0 Å². The maximum Gasteiger partial charge on any atom is 0.192 e. The van der Waals surface area contributed by atoms with Crippen molar-refractivity contribution in [2.24, 2.45) is 5.11 Å². The molecule has 0 fully saturated rings. The van der Waals surface area contributed by atoms with Crippen LogP contribution in [0, 0.1) is 5.53 Å². The maximum absolute atomic E-state index is 6.47. The van der Waals surface area contributed by atoms with Gasteiger partial charge in [0.2, 0.25) is 0 Å². The Hall–Kier alpha value is -1.32.